The summed E-state index contributed by atoms with van der Waals surface area (Å²) in [5.41, 5.74) is 0.845. The number of hydrogen-bond acceptors (Lipinski definition) is 2. The Morgan fingerprint density at radius 1 is 1.57 bits per heavy atom. The smallest absolute Gasteiger partial charge is 0.365 e. The number of allylic oxidation sites excluding steroid dienone is 4. The second kappa shape index (κ2) is 7.44. The topological polar surface area (TPSA) is 37.3 Å². The predicted molar refractivity (Wildman–Crippen MR) is 62.8 cm³/mol. The predicted octanol–water partition coefficient (Wildman–Crippen LogP) is 3.86. The number of carboxylic acid groups (broad SMARTS) is 1. The van der Waals surface area contributed by atoms with Crippen LogP contribution in [0.3, 0.4) is 0 Å². The van der Waals surface area contributed by atoms with Crippen LogP contribution < -0.4 is 0 Å². The van der Waals surface area contributed by atoms with Crippen molar-refractivity contribution in [2.24, 2.45) is 0 Å². The van der Waals surface area contributed by atoms with Crippen molar-refractivity contribution in [3.05, 3.63) is 36.5 Å². The van der Waals surface area contributed by atoms with E-state index in [4.69, 9.17) is 5.11 Å². The lowest BCUT2D eigenvalue weighted by molar-refractivity contribution is 0.222. The van der Waals surface area contributed by atoms with Crippen LogP contribution in [0.25, 0.3) is 0 Å². The molecule has 1 N–H and O–H groups in total. The highest BCUT2D eigenvalue weighted by atomic mass is 32.2. The Morgan fingerprint density at radius 2 is 2.21 bits per heavy atom. The van der Waals surface area contributed by atoms with Crippen LogP contribution in [-0.2, 0) is 0 Å². The molecule has 78 valence electrons. The summed E-state index contributed by atoms with van der Waals surface area (Å²) in [5.74, 6) is 0. The van der Waals surface area contributed by atoms with E-state index in [-0.39, 0.29) is 5.25 Å². The Hall–Kier alpha value is -0.960. The molecule has 0 fully saturated rings. The molecule has 0 saturated heterocycles. The fourth-order valence-electron chi connectivity index (χ4n) is 0.940. The average Bonchev–Trinajstić information content (AvgIpc) is 2.14. The van der Waals surface area contributed by atoms with Gasteiger partial charge in [0.05, 0.1) is 0 Å². The Kier molecular flexibility index (Phi) is 6.93. The number of carbonyl (C=O) groups is 1. The van der Waals surface area contributed by atoms with Gasteiger partial charge in [0.15, 0.2) is 0 Å². The highest BCUT2D eigenvalue weighted by Gasteiger charge is 2.12. The van der Waals surface area contributed by atoms with Crippen LogP contribution in [0.4, 0.5) is 4.79 Å². The van der Waals surface area contributed by atoms with E-state index in [2.05, 4.69) is 6.58 Å². The molecule has 0 aliphatic carbocycles. The summed E-state index contributed by atoms with van der Waals surface area (Å²) < 4.78 is 0. The SMILES string of the molecule is C=C(/C=C\C=C/C)C(CC)SC(=O)O. The molecule has 0 spiro atoms. The van der Waals surface area contributed by atoms with Crippen molar-refractivity contribution in [2.45, 2.75) is 25.5 Å². The quantitative estimate of drug-likeness (QED) is 0.703. The van der Waals surface area contributed by atoms with Gasteiger partial charge in [-0.2, -0.15) is 0 Å². The normalized spacial score (nSPS) is 13.6. The van der Waals surface area contributed by atoms with E-state index in [1.807, 2.05) is 38.2 Å². The van der Waals surface area contributed by atoms with E-state index in [1.165, 1.54) is 0 Å². The molecule has 14 heavy (non-hydrogen) atoms. The van der Waals surface area contributed by atoms with Crippen LogP contribution in [0.5, 0.6) is 0 Å². The van der Waals surface area contributed by atoms with Crippen LogP contribution in [0.2, 0.25) is 0 Å². The summed E-state index contributed by atoms with van der Waals surface area (Å²) >= 11 is 0.907. The molecule has 1 atom stereocenters. The van der Waals surface area contributed by atoms with E-state index in [0.29, 0.717) is 0 Å². The lowest BCUT2D eigenvalue weighted by Gasteiger charge is -2.10. The number of rotatable bonds is 5. The third kappa shape index (κ3) is 5.65. The molecule has 0 aromatic heterocycles. The van der Waals surface area contributed by atoms with Crippen molar-refractivity contribution < 1.29 is 9.90 Å². The van der Waals surface area contributed by atoms with E-state index < -0.39 is 5.30 Å². The monoisotopic (exact) mass is 212 g/mol. The summed E-state index contributed by atoms with van der Waals surface area (Å²) in [6.45, 7) is 7.73. The van der Waals surface area contributed by atoms with Gasteiger partial charge in [0, 0.05) is 5.25 Å². The summed E-state index contributed by atoms with van der Waals surface area (Å²) in [4.78, 5) is 10.5. The minimum Gasteiger partial charge on any atom is -0.473 e. The highest BCUT2D eigenvalue weighted by molar-refractivity contribution is 8.13. The molecule has 0 aromatic rings. The van der Waals surface area contributed by atoms with E-state index in [1.54, 1.807) is 0 Å². The lowest BCUT2D eigenvalue weighted by Crippen LogP contribution is -2.05. The van der Waals surface area contributed by atoms with Gasteiger partial charge in [-0.15, -0.1) is 0 Å². The van der Waals surface area contributed by atoms with Crippen molar-refractivity contribution in [1.29, 1.82) is 0 Å². The fourth-order valence-corrected chi connectivity index (χ4v) is 1.58. The molecule has 0 aliphatic rings. The molecule has 1 unspecified atom stereocenters. The molecule has 0 saturated carbocycles. The van der Waals surface area contributed by atoms with Crippen LogP contribution in [0.1, 0.15) is 20.3 Å². The Bertz CT molecular complexity index is 254. The highest BCUT2D eigenvalue weighted by Crippen LogP contribution is 2.22. The molecular weight excluding hydrogens is 196 g/mol. The molecule has 0 radical (unpaired) electrons. The molecule has 0 heterocycles. The number of thioether (sulfide) groups is 1. The molecule has 0 aromatic carbocycles. The summed E-state index contributed by atoms with van der Waals surface area (Å²) in [6, 6.07) is 0. The van der Waals surface area contributed by atoms with Gasteiger partial charge >= 0.3 is 5.30 Å². The Balaban J connectivity index is 4.24. The first-order chi connectivity index (χ1) is 6.61. The van der Waals surface area contributed by atoms with Gasteiger partial charge in [0.1, 0.15) is 0 Å². The number of hydrogen-bond donors (Lipinski definition) is 1. The maximum Gasteiger partial charge on any atom is 0.365 e. The second-order valence-corrected chi connectivity index (χ2v) is 3.89. The molecule has 3 heteroatoms. The average molecular weight is 212 g/mol. The maximum absolute atomic E-state index is 10.5. The molecule has 0 aliphatic heterocycles. The van der Waals surface area contributed by atoms with Gasteiger partial charge in [0.2, 0.25) is 0 Å². The fraction of sp³-hybridized carbons (Fsp3) is 0.364. The molecule has 2 nitrogen and oxygen atoms in total. The maximum atomic E-state index is 10.5. The first kappa shape index (κ1) is 13.0. The van der Waals surface area contributed by atoms with Gasteiger partial charge in [-0.3, -0.25) is 0 Å². The minimum atomic E-state index is -0.850. The van der Waals surface area contributed by atoms with Crippen molar-refractivity contribution in [2.75, 3.05) is 0 Å². The lowest BCUT2D eigenvalue weighted by atomic mass is 10.1. The van der Waals surface area contributed by atoms with Crippen molar-refractivity contribution in [3.63, 3.8) is 0 Å². The third-order valence-corrected chi connectivity index (χ3v) is 2.76. The van der Waals surface area contributed by atoms with Gasteiger partial charge in [-0.1, -0.05) is 37.8 Å². The molecule has 0 amide bonds. The van der Waals surface area contributed by atoms with Crippen LogP contribution in [0, 0.1) is 0 Å². The van der Waals surface area contributed by atoms with Gasteiger partial charge in [0.25, 0.3) is 0 Å². The summed E-state index contributed by atoms with van der Waals surface area (Å²) in [7, 11) is 0. The van der Waals surface area contributed by atoms with Gasteiger partial charge in [-0.25, -0.2) is 4.79 Å². The zero-order chi connectivity index (χ0) is 11.0. The van der Waals surface area contributed by atoms with Crippen molar-refractivity contribution in [3.8, 4) is 0 Å². The molecule has 0 bridgehead atoms. The molecular formula is C11H16O2S. The zero-order valence-electron chi connectivity index (χ0n) is 8.56. The van der Waals surface area contributed by atoms with Gasteiger partial charge < -0.3 is 5.11 Å². The summed E-state index contributed by atoms with van der Waals surface area (Å²) in [6.07, 6.45) is 8.30. The second-order valence-electron chi connectivity index (χ2n) is 2.74. The first-order valence-corrected chi connectivity index (χ1v) is 5.37. The standard InChI is InChI=1S/C11H16O2S/c1-4-6-7-8-9(3)10(5-2)14-11(12)13/h4,6-8,10H,3,5H2,1-2H3,(H,12,13)/b6-4-,8-7-. The van der Waals surface area contributed by atoms with E-state index >= 15 is 0 Å². The van der Waals surface area contributed by atoms with Gasteiger partial charge in [-0.05, 0) is 30.7 Å². The van der Waals surface area contributed by atoms with Crippen molar-refractivity contribution >= 4 is 17.1 Å². The largest absolute Gasteiger partial charge is 0.473 e. The minimum absolute atomic E-state index is 0.0333. The Labute approximate surface area is 89.4 Å². The van der Waals surface area contributed by atoms with Crippen LogP contribution in [-0.4, -0.2) is 15.7 Å². The van der Waals surface area contributed by atoms with E-state index in [9.17, 15) is 4.79 Å². The van der Waals surface area contributed by atoms with Crippen LogP contribution >= 0.6 is 11.8 Å². The molecule has 0 rings (SSSR count). The van der Waals surface area contributed by atoms with E-state index in [0.717, 1.165) is 23.8 Å². The zero-order valence-corrected chi connectivity index (χ0v) is 9.38. The van der Waals surface area contributed by atoms with Crippen LogP contribution in [0.15, 0.2) is 36.5 Å². The first-order valence-electron chi connectivity index (χ1n) is 4.49. The Morgan fingerprint density at radius 3 is 2.64 bits per heavy atom. The van der Waals surface area contributed by atoms with Crippen molar-refractivity contribution in [1.82, 2.24) is 0 Å². The third-order valence-electron chi connectivity index (χ3n) is 1.64. The summed E-state index contributed by atoms with van der Waals surface area (Å²) in [5, 5.41) is 7.74.